The average molecular weight is 283 g/mol. The van der Waals surface area contributed by atoms with Crippen LogP contribution < -0.4 is 4.74 Å². The van der Waals surface area contributed by atoms with Crippen molar-refractivity contribution in [3.8, 4) is 5.75 Å². The van der Waals surface area contributed by atoms with Crippen LogP contribution in [0.15, 0.2) is 30.3 Å². The molecular formula is C16H23ClO2. The molecule has 0 aliphatic carbocycles. The first-order chi connectivity index (χ1) is 8.62. The molecule has 0 bridgehead atoms. The lowest BCUT2D eigenvalue weighted by atomic mass is 9.73. The van der Waals surface area contributed by atoms with Gasteiger partial charge in [0.2, 0.25) is 0 Å². The van der Waals surface area contributed by atoms with Crippen LogP contribution in [0.5, 0.6) is 5.75 Å². The highest BCUT2D eigenvalue weighted by atomic mass is 35.5. The molecule has 0 aliphatic rings. The van der Waals surface area contributed by atoms with Gasteiger partial charge in [-0.3, -0.25) is 4.79 Å². The van der Waals surface area contributed by atoms with Gasteiger partial charge in [-0.05, 0) is 35.6 Å². The summed E-state index contributed by atoms with van der Waals surface area (Å²) >= 11 is 5.74. The number of carbonyl (C=O) groups is 1. The van der Waals surface area contributed by atoms with Gasteiger partial charge >= 0.3 is 0 Å². The number of carbonyl (C=O) groups excluding carboxylic acids is 1. The third-order valence-corrected chi connectivity index (χ3v) is 3.10. The van der Waals surface area contributed by atoms with Crippen molar-refractivity contribution in [3.63, 3.8) is 0 Å². The van der Waals surface area contributed by atoms with Crippen molar-refractivity contribution < 1.29 is 9.53 Å². The Bertz CT molecular complexity index is 418. The van der Waals surface area contributed by atoms with Gasteiger partial charge in [0, 0.05) is 5.41 Å². The highest BCUT2D eigenvalue weighted by Crippen LogP contribution is 2.38. The Morgan fingerprint density at radius 1 is 1.16 bits per heavy atom. The van der Waals surface area contributed by atoms with Gasteiger partial charge in [0.1, 0.15) is 5.75 Å². The molecule has 19 heavy (non-hydrogen) atoms. The van der Waals surface area contributed by atoms with E-state index in [1.54, 1.807) is 0 Å². The largest absolute Gasteiger partial charge is 0.481 e. The number of para-hydroxylation sites is 1. The molecule has 0 fully saturated rings. The van der Waals surface area contributed by atoms with Crippen molar-refractivity contribution in [2.45, 2.75) is 47.1 Å². The van der Waals surface area contributed by atoms with E-state index in [2.05, 4.69) is 20.8 Å². The highest BCUT2D eigenvalue weighted by molar-refractivity contribution is 6.64. The minimum absolute atomic E-state index is 0.105. The predicted molar refractivity (Wildman–Crippen MR) is 79.6 cm³/mol. The number of hydrogen-bond donors (Lipinski definition) is 0. The van der Waals surface area contributed by atoms with Gasteiger partial charge in [-0.25, -0.2) is 0 Å². The lowest BCUT2D eigenvalue weighted by Crippen LogP contribution is -2.41. The lowest BCUT2D eigenvalue weighted by Gasteiger charge is -2.37. The van der Waals surface area contributed by atoms with Crippen molar-refractivity contribution in [2.24, 2.45) is 10.8 Å². The van der Waals surface area contributed by atoms with E-state index >= 15 is 0 Å². The topological polar surface area (TPSA) is 26.3 Å². The van der Waals surface area contributed by atoms with E-state index in [-0.39, 0.29) is 10.8 Å². The second kappa shape index (κ2) is 5.96. The molecule has 0 aromatic heterocycles. The molecule has 0 saturated carbocycles. The molecule has 0 amide bonds. The van der Waals surface area contributed by atoms with Gasteiger partial charge in [0.15, 0.2) is 6.10 Å². The van der Waals surface area contributed by atoms with E-state index in [0.29, 0.717) is 5.75 Å². The van der Waals surface area contributed by atoms with Gasteiger partial charge in [0.05, 0.1) is 0 Å². The maximum absolute atomic E-state index is 11.7. The molecule has 2 nitrogen and oxygen atoms in total. The van der Waals surface area contributed by atoms with Gasteiger partial charge in [-0.15, -0.1) is 0 Å². The van der Waals surface area contributed by atoms with Crippen LogP contribution in [-0.2, 0) is 4.79 Å². The first-order valence-electron chi connectivity index (χ1n) is 6.53. The van der Waals surface area contributed by atoms with Crippen LogP contribution in [0, 0.1) is 10.8 Å². The minimum atomic E-state index is -0.643. The minimum Gasteiger partial charge on any atom is -0.481 e. The number of halogens is 1. The maximum atomic E-state index is 11.7. The molecule has 0 heterocycles. The van der Waals surface area contributed by atoms with E-state index < -0.39 is 11.3 Å². The summed E-state index contributed by atoms with van der Waals surface area (Å²) in [4.78, 5) is 11.7. The number of benzene rings is 1. The van der Waals surface area contributed by atoms with Gasteiger partial charge in [-0.1, -0.05) is 52.8 Å². The summed E-state index contributed by atoms with van der Waals surface area (Å²) in [5.41, 5.74) is -0.221. The molecule has 0 aliphatic heterocycles. The smallest absolute Gasteiger partial charge is 0.262 e. The van der Waals surface area contributed by atoms with Crippen molar-refractivity contribution in [2.75, 3.05) is 0 Å². The van der Waals surface area contributed by atoms with E-state index in [0.717, 1.165) is 6.42 Å². The van der Waals surface area contributed by atoms with Crippen molar-refractivity contribution in [1.29, 1.82) is 0 Å². The molecule has 1 aromatic carbocycles. The maximum Gasteiger partial charge on any atom is 0.262 e. The van der Waals surface area contributed by atoms with Crippen LogP contribution in [0.3, 0.4) is 0 Å². The number of rotatable bonds is 5. The molecule has 0 spiro atoms. The zero-order valence-corrected chi connectivity index (χ0v) is 13.1. The van der Waals surface area contributed by atoms with E-state index in [1.165, 1.54) is 0 Å². The second-order valence-electron chi connectivity index (χ2n) is 6.84. The zero-order valence-electron chi connectivity index (χ0n) is 12.4. The second-order valence-corrected chi connectivity index (χ2v) is 7.21. The standard InChI is InChI=1S/C16H23ClO2/c1-15(2,3)11-16(4,5)13(14(17)18)19-12-9-7-6-8-10-12/h6-10,13H,11H2,1-5H3. The Morgan fingerprint density at radius 3 is 2.11 bits per heavy atom. The molecule has 3 heteroatoms. The summed E-state index contributed by atoms with van der Waals surface area (Å²) in [5.74, 6) is 0.670. The van der Waals surface area contributed by atoms with Crippen LogP contribution in [-0.4, -0.2) is 11.3 Å². The first-order valence-corrected chi connectivity index (χ1v) is 6.91. The van der Waals surface area contributed by atoms with Crippen LogP contribution in [0.2, 0.25) is 0 Å². The Balaban J connectivity index is 2.91. The third kappa shape index (κ3) is 5.23. The SMILES string of the molecule is CC(C)(C)CC(C)(C)C(Oc1ccccc1)C(=O)Cl. The highest BCUT2D eigenvalue weighted by Gasteiger charge is 2.39. The summed E-state index contributed by atoms with van der Waals surface area (Å²) in [6, 6.07) is 9.33. The molecular weight excluding hydrogens is 260 g/mol. The van der Waals surface area contributed by atoms with Crippen molar-refractivity contribution in [1.82, 2.24) is 0 Å². The molecule has 1 rings (SSSR count). The summed E-state index contributed by atoms with van der Waals surface area (Å²) in [5, 5.41) is -0.446. The van der Waals surface area contributed by atoms with E-state index in [4.69, 9.17) is 16.3 Å². The van der Waals surface area contributed by atoms with Gasteiger partial charge < -0.3 is 4.74 Å². The summed E-state index contributed by atoms with van der Waals surface area (Å²) in [7, 11) is 0. The predicted octanol–water partition coefficient (Wildman–Crippen LogP) is 4.66. The normalized spacial score (nSPS) is 14.0. The van der Waals surface area contributed by atoms with Crippen LogP contribution >= 0.6 is 11.6 Å². The quantitative estimate of drug-likeness (QED) is 0.734. The monoisotopic (exact) mass is 282 g/mol. The summed E-state index contributed by atoms with van der Waals surface area (Å²) < 4.78 is 5.81. The lowest BCUT2D eigenvalue weighted by molar-refractivity contribution is -0.123. The fourth-order valence-electron chi connectivity index (χ4n) is 2.61. The van der Waals surface area contributed by atoms with Gasteiger partial charge in [0.25, 0.3) is 5.24 Å². The van der Waals surface area contributed by atoms with E-state index in [1.807, 2.05) is 44.2 Å². The average Bonchev–Trinajstić information content (AvgIpc) is 2.23. The van der Waals surface area contributed by atoms with Gasteiger partial charge in [-0.2, -0.15) is 0 Å². The molecule has 0 saturated heterocycles. The Hall–Kier alpha value is -1.02. The van der Waals surface area contributed by atoms with Crippen molar-refractivity contribution >= 4 is 16.8 Å². The van der Waals surface area contributed by atoms with Crippen LogP contribution in [0.25, 0.3) is 0 Å². The molecule has 1 unspecified atom stereocenters. The number of ether oxygens (including phenoxy) is 1. The van der Waals surface area contributed by atoms with Crippen molar-refractivity contribution in [3.05, 3.63) is 30.3 Å². The fraction of sp³-hybridized carbons (Fsp3) is 0.562. The zero-order chi connectivity index (χ0) is 14.7. The molecule has 0 N–H and O–H groups in total. The molecule has 106 valence electrons. The molecule has 1 aromatic rings. The van der Waals surface area contributed by atoms with Crippen LogP contribution in [0.1, 0.15) is 41.0 Å². The van der Waals surface area contributed by atoms with Crippen LogP contribution in [0.4, 0.5) is 0 Å². The number of hydrogen-bond acceptors (Lipinski definition) is 2. The Kier molecular flexibility index (Phi) is 5.03. The Labute approximate surface area is 121 Å². The Morgan fingerprint density at radius 2 is 1.68 bits per heavy atom. The molecule has 0 radical (unpaired) electrons. The summed E-state index contributed by atoms with van der Waals surface area (Å²) in [6.07, 6.45) is 0.200. The molecule has 1 atom stereocenters. The third-order valence-electron chi connectivity index (χ3n) is 2.90. The fourth-order valence-corrected chi connectivity index (χ4v) is 2.95. The summed E-state index contributed by atoms with van der Waals surface area (Å²) in [6.45, 7) is 10.5. The van der Waals surface area contributed by atoms with E-state index in [9.17, 15) is 4.79 Å². The first kappa shape index (κ1) is 16.0.